The van der Waals surface area contributed by atoms with Crippen molar-refractivity contribution in [2.75, 3.05) is 6.61 Å². The van der Waals surface area contributed by atoms with Crippen LogP contribution in [0.3, 0.4) is 0 Å². The first-order valence-electron chi connectivity index (χ1n) is 3.73. The van der Waals surface area contributed by atoms with Gasteiger partial charge in [0.05, 0.1) is 6.61 Å². The van der Waals surface area contributed by atoms with E-state index in [1.807, 2.05) is 25.1 Å². The Labute approximate surface area is 76.8 Å². The van der Waals surface area contributed by atoms with Crippen LogP contribution in [0, 0.1) is 0 Å². The zero-order valence-electron chi connectivity index (χ0n) is 6.83. The van der Waals surface area contributed by atoms with E-state index in [1.54, 1.807) is 6.20 Å². The summed E-state index contributed by atoms with van der Waals surface area (Å²) in [5, 5.41) is 0. The molecule has 12 heavy (non-hydrogen) atoms. The Kier molecular flexibility index (Phi) is 3.61. The largest absolute Gasteiger partial charge is 0.491 e. The molecule has 0 radical (unpaired) electrons. The topological polar surface area (TPSA) is 22.1 Å². The Bertz CT molecular complexity index is 258. The van der Waals surface area contributed by atoms with Gasteiger partial charge in [-0.3, -0.25) is 4.98 Å². The molecule has 1 rings (SSSR count). The number of rotatable bonds is 3. The fraction of sp³-hybridized carbons (Fsp3) is 0.222. The molecular formula is C9H10ClNO. The van der Waals surface area contributed by atoms with Crippen LogP contribution in [0.2, 0.25) is 0 Å². The van der Waals surface area contributed by atoms with E-state index in [2.05, 4.69) is 4.98 Å². The lowest BCUT2D eigenvalue weighted by atomic mass is 10.3. The summed E-state index contributed by atoms with van der Waals surface area (Å²) in [4.78, 5) is 4.09. The van der Waals surface area contributed by atoms with Crippen molar-refractivity contribution in [3.63, 3.8) is 0 Å². The summed E-state index contributed by atoms with van der Waals surface area (Å²) in [6.07, 6.45) is 1.70. The molecule has 0 atom stereocenters. The molecule has 0 bridgehead atoms. The smallest absolute Gasteiger partial charge is 0.156 e. The minimum Gasteiger partial charge on any atom is -0.491 e. The van der Waals surface area contributed by atoms with Crippen molar-refractivity contribution in [1.29, 1.82) is 0 Å². The lowest BCUT2D eigenvalue weighted by Gasteiger charge is -2.05. The zero-order chi connectivity index (χ0) is 8.81. The van der Waals surface area contributed by atoms with Gasteiger partial charge in [-0.25, -0.2) is 0 Å². The highest BCUT2D eigenvalue weighted by Gasteiger charge is 2.00. The van der Waals surface area contributed by atoms with Gasteiger partial charge in [-0.2, -0.15) is 0 Å². The number of hydrogen-bond donors (Lipinski definition) is 0. The Morgan fingerprint density at radius 2 is 2.50 bits per heavy atom. The molecular weight excluding hydrogens is 174 g/mol. The van der Waals surface area contributed by atoms with E-state index < -0.39 is 0 Å². The molecule has 0 saturated carbocycles. The van der Waals surface area contributed by atoms with E-state index in [4.69, 9.17) is 16.3 Å². The average Bonchev–Trinajstić information content (AvgIpc) is 2.15. The first kappa shape index (κ1) is 9.07. The van der Waals surface area contributed by atoms with Crippen molar-refractivity contribution in [2.45, 2.75) is 6.92 Å². The van der Waals surface area contributed by atoms with E-state index in [-0.39, 0.29) is 0 Å². The molecule has 0 fully saturated rings. The molecule has 0 unspecified atom stereocenters. The maximum Gasteiger partial charge on any atom is 0.156 e. The average molecular weight is 184 g/mol. The summed E-state index contributed by atoms with van der Waals surface area (Å²) in [5.41, 5.74) is 2.15. The molecule has 0 amide bonds. The van der Waals surface area contributed by atoms with Gasteiger partial charge in [0.25, 0.3) is 0 Å². The Morgan fingerprint density at radius 1 is 1.67 bits per heavy atom. The predicted molar refractivity (Wildman–Crippen MR) is 49.7 cm³/mol. The van der Waals surface area contributed by atoms with Crippen LogP contribution in [0.5, 0.6) is 0 Å². The molecule has 0 aliphatic heterocycles. The van der Waals surface area contributed by atoms with Crippen LogP contribution >= 0.6 is 11.6 Å². The van der Waals surface area contributed by atoms with Crippen molar-refractivity contribution in [1.82, 2.24) is 4.98 Å². The predicted octanol–water partition coefficient (Wildman–Crippen LogP) is 2.66. The minimum atomic E-state index is 0.592. The number of halogens is 1. The van der Waals surface area contributed by atoms with Crippen LogP contribution in [0.15, 0.2) is 29.9 Å². The van der Waals surface area contributed by atoms with Crippen LogP contribution in [0.25, 0.3) is 5.76 Å². The zero-order valence-corrected chi connectivity index (χ0v) is 7.58. The number of pyridine rings is 1. The lowest BCUT2D eigenvalue weighted by molar-refractivity contribution is 0.297. The second-order valence-electron chi connectivity index (χ2n) is 2.12. The summed E-state index contributed by atoms with van der Waals surface area (Å²) in [5.74, 6) is 0.611. The number of aromatic nitrogens is 1. The maximum atomic E-state index is 5.55. The molecule has 64 valence electrons. The van der Waals surface area contributed by atoms with Gasteiger partial charge in [-0.1, -0.05) is 17.7 Å². The van der Waals surface area contributed by atoms with Crippen LogP contribution in [-0.2, 0) is 4.74 Å². The summed E-state index contributed by atoms with van der Waals surface area (Å²) in [6, 6.07) is 5.59. The third-order valence-electron chi connectivity index (χ3n) is 1.32. The Morgan fingerprint density at radius 3 is 3.00 bits per heavy atom. The molecule has 2 nitrogen and oxygen atoms in total. The Balaban J connectivity index is 2.82. The van der Waals surface area contributed by atoms with Gasteiger partial charge < -0.3 is 4.74 Å². The van der Waals surface area contributed by atoms with Gasteiger partial charge in [0.15, 0.2) is 5.76 Å². The molecule has 1 aromatic heterocycles. The van der Waals surface area contributed by atoms with E-state index in [0.717, 1.165) is 5.69 Å². The van der Waals surface area contributed by atoms with Crippen LogP contribution in [0.4, 0.5) is 0 Å². The number of nitrogens with zero attached hydrogens (tertiary/aromatic N) is 1. The lowest BCUT2D eigenvalue weighted by Crippen LogP contribution is -1.92. The first-order chi connectivity index (χ1) is 5.88. The fourth-order valence-corrected chi connectivity index (χ4v) is 1.00. The van der Waals surface area contributed by atoms with Crippen molar-refractivity contribution in [2.24, 2.45) is 0 Å². The van der Waals surface area contributed by atoms with E-state index in [0.29, 0.717) is 12.4 Å². The quantitative estimate of drug-likeness (QED) is 0.673. The fourth-order valence-electron chi connectivity index (χ4n) is 0.825. The van der Waals surface area contributed by atoms with Gasteiger partial charge in [-0.05, 0) is 19.1 Å². The summed E-state index contributed by atoms with van der Waals surface area (Å²) < 4.78 is 5.24. The molecule has 3 heteroatoms. The standard InChI is InChI=1S/C9H10ClNO/c1-2-12-9(7-10)8-5-3-4-6-11-8/h3-7H,2H2,1H3/b9-7+. The molecule has 1 aromatic rings. The summed E-state index contributed by atoms with van der Waals surface area (Å²) >= 11 is 5.55. The number of hydrogen-bond acceptors (Lipinski definition) is 2. The van der Waals surface area contributed by atoms with Crippen molar-refractivity contribution in [3.8, 4) is 0 Å². The van der Waals surface area contributed by atoms with Crippen LogP contribution in [0.1, 0.15) is 12.6 Å². The summed E-state index contributed by atoms with van der Waals surface area (Å²) in [7, 11) is 0. The van der Waals surface area contributed by atoms with Gasteiger partial charge in [0.1, 0.15) is 5.69 Å². The first-order valence-corrected chi connectivity index (χ1v) is 4.16. The minimum absolute atomic E-state index is 0.592. The molecule has 1 heterocycles. The Hall–Kier alpha value is -1.02. The third kappa shape index (κ3) is 2.24. The summed E-state index contributed by atoms with van der Waals surface area (Å²) in [6.45, 7) is 2.50. The molecule has 0 aromatic carbocycles. The number of ether oxygens (including phenoxy) is 1. The molecule has 0 aliphatic carbocycles. The second kappa shape index (κ2) is 4.78. The highest BCUT2D eigenvalue weighted by Crippen LogP contribution is 2.13. The highest BCUT2D eigenvalue weighted by molar-refractivity contribution is 6.27. The maximum absolute atomic E-state index is 5.55. The second-order valence-corrected chi connectivity index (χ2v) is 2.34. The van der Waals surface area contributed by atoms with Crippen LogP contribution in [-0.4, -0.2) is 11.6 Å². The third-order valence-corrected chi connectivity index (χ3v) is 1.51. The van der Waals surface area contributed by atoms with Crippen LogP contribution < -0.4 is 0 Å². The SMILES string of the molecule is CCO/C(=C/Cl)c1ccccn1. The van der Waals surface area contributed by atoms with Crippen molar-refractivity contribution < 1.29 is 4.74 Å². The highest BCUT2D eigenvalue weighted by atomic mass is 35.5. The van der Waals surface area contributed by atoms with Gasteiger partial charge in [-0.15, -0.1) is 0 Å². The van der Waals surface area contributed by atoms with Crippen molar-refractivity contribution in [3.05, 3.63) is 35.6 Å². The van der Waals surface area contributed by atoms with E-state index in [1.165, 1.54) is 5.54 Å². The van der Waals surface area contributed by atoms with Crippen molar-refractivity contribution >= 4 is 17.4 Å². The molecule has 0 N–H and O–H groups in total. The molecule has 0 spiro atoms. The normalized spacial score (nSPS) is 11.3. The monoisotopic (exact) mass is 183 g/mol. The van der Waals surface area contributed by atoms with E-state index in [9.17, 15) is 0 Å². The van der Waals surface area contributed by atoms with E-state index >= 15 is 0 Å². The van der Waals surface area contributed by atoms with Gasteiger partial charge >= 0.3 is 0 Å². The van der Waals surface area contributed by atoms with Gasteiger partial charge in [0, 0.05) is 11.7 Å². The molecule has 0 saturated heterocycles. The molecule has 0 aliphatic rings. The van der Waals surface area contributed by atoms with Gasteiger partial charge in [0.2, 0.25) is 0 Å².